The number of nitrogens with one attached hydrogen (secondary N) is 2. The second-order valence-electron chi connectivity index (χ2n) is 7.23. The third kappa shape index (κ3) is 5.01. The maximum atomic E-state index is 12.8. The number of anilines is 1. The molecule has 2 N–H and O–H groups in total. The predicted octanol–water partition coefficient (Wildman–Crippen LogP) is 5.01. The van der Waals surface area contributed by atoms with Gasteiger partial charge in [-0.1, -0.05) is 0 Å². The number of rotatable bonds is 9. The molecule has 0 fully saturated rings. The Morgan fingerprint density at radius 2 is 1.66 bits per heavy atom. The van der Waals surface area contributed by atoms with Crippen LogP contribution >= 0.6 is 0 Å². The van der Waals surface area contributed by atoms with Crippen molar-refractivity contribution in [3.8, 4) is 28.9 Å². The van der Waals surface area contributed by atoms with Gasteiger partial charge >= 0.3 is 5.97 Å². The summed E-state index contributed by atoms with van der Waals surface area (Å²) < 4.78 is 32.3. The van der Waals surface area contributed by atoms with Crippen LogP contribution in [-0.2, 0) is 4.74 Å². The standard InChI is InChI=1S/C25H24N2O8/c1-5-33-25(29)18-11-14-10-15(6-7-17(14)26-18)34-22-9-8-19(35-22)24(28)27-23-20(31-3)12-16(30-2)13-21(23)32-4/h6-13,26H,5H2,1-4H3,(H,27,28). The third-order valence-corrected chi connectivity index (χ3v) is 5.06. The average molecular weight is 480 g/mol. The van der Waals surface area contributed by atoms with E-state index in [1.807, 2.05) is 0 Å². The summed E-state index contributed by atoms with van der Waals surface area (Å²) in [6, 6.07) is 13.2. The summed E-state index contributed by atoms with van der Waals surface area (Å²) >= 11 is 0. The van der Waals surface area contributed by atoms with Gasteiger partial charge < -0.3 is 38.4 Å². The van der Waals surface area contributed by atoms with Crippen LogP contribution in [0.25, 0.3) is 10.9 Å². The molecule has 2 aromatic carbocycles. The van der Waals surface area contributed by atoms with Gasteiger partial charge in [-0.2, -0.15) is 0 Å². The van der Waals surface area contributed by atoms with E-state index in [0.29, 0.717) is 34.4 Å². The first-order valence-electron chi connectivity index (χ1n) is 10.6. The number of methoxy groups -OCH3 is 3. The molecular formula is C25H24N2O8. The maximum Gasteiger partial charge on any atom is 0.354 e. The molecule has 4 rings (SSSR count). The summed E-state index contributed by atoms with van der Waals surface area (Å²) in [5.74, 6) is 0.876. The van der Waals surface area contributed by atoms with Gasteiger partial charge in [0.05, 0.1) is 27.9 Å². The highest BCUT2D eigenvalue weighted by molar-refractivity contribution is 6.04. The molecule has 2 heterocycles. The number of benzene rings is 2. The van der Waals surface area contributed by atoms with Crippen LogP contribution in [0.5, 0.6) is 28.9 Å². The zero-order chi connectivity index (χ0) is 24.9. The first-order valence-corrected chi connectivity index (χ1v) is 10.6. The van der Waals surface area contributed by atoms with Gasteiger partial charge in [0.25, 0.3) is 11.9 Å². The second kappa shape index (κ2) is 10.1. The largest absolute Gasteiger partial charge is 0.496 e. The van der Waals surface area contributed by atoms with Gasteiger partial charge in [0.15, 0.2) is 5.76 Å². The highest BCUT2D eigenvalue weighted by Gasteiger charge is 2.19. The number of ether oxygens (including phenoxy) is 5. The van der Waals surface area contributed by atoms with E-state index in [-0.39, 0.29) is 18.3 Å². The van der Waals surface area contributed by atoms with Crippen LogP contribution in [0.1, 0.15) is 28.0 Å². The van der Waals surface area contributed by atoms with Crippen LogP contribution in [0.2, 0.25) is 0 Å². The van der Waals surface area contributed by atoms with Gasteiger partial charge in [0.1, 0.15) is 34.4 Å². The molecule has 4 aromatic rings. The number of esters is 1. The summed E-state index contributed by atoms with van der Waals surface area (Å²) in [4.78, 5) is 27.8. The number of hydrogen-bond donors (Lipinski definition) is 2. The molecule has 0 unspecified atom stereocenters. The Balaban J connectivity index is 1.50. The lowest BCUT2D eigenvalue weighted by molar-refractivity contribution is 0.0520. The van der Waals surface area contributed by atoms with E-state index < -0.39 is 11.9 Å². The van der Waals surface area contributed by atoms with Crippen molar-refractivity contribution in [2.24, 2.45) is 0 Å². The average Bonchev–Trinajstić information content (AvgIpc) is 3.51. The van der Waals surface area contributed by atoms with Crippen LogP contribution in [0, 0.1) is 0 Å². The van der Waals surface area contributed by atoms with E-state index in [1.165, 1.54) is 33.5 Å². The zero-order valence-electron chi connectivity index (χ0n) is 19.6. The van der Waals surface area contributed by atoms with E-state index in [9.17, 15) is 9.59 Å². The molecule has 0 spiro atoms. The smallest absolute Gasteiger partial charge is 0.354 e. The fourth-order valence-electron chi connectivity index (χ4n) is 3.41. The minimum Gasteiger partial charge on any atom is -0.496 e. The number of furan rings is 1. The summed E-state index contributed by atoms with van der Waals surface area (Å²) in [5.41, 5.74) is 1.43. The maximum absolute atomic E-state index is 12.8. The number of carbonyl (C=O) groups excluding carboxylic acids is 2. The second-order valence-corrected chi connectivity index (χ2v) is 7.23. The molecule has 0 bridgehead atoms. The van der Waals surface area contributed by atoms with Crippen LogP contribution < -0.4 is 24.3 Å². The van der Waals surface area contributed by atoms with Gasteiger partial charge in [-0.05, 0) is 37.3 Å². The Kier molecular flexibility index (Phi) is 6.81. The van der Waals surface area contributed by atoms with Crippen molar-refractivity contribution < 1.29 is 37.7 Å². The third-order valence-electron chi connectivity index (χ3n) is 5.06. The molecule has 0 aliphatic heterocycles. The molecule has 0 aliphatic carbocycles. The molecule has 1 amide bonds. The molecule has 0 saturated heterocycles. The Labute approximate surface area is 200 Å². The first kappa shape index (κ1) is 23.6. The van der Waals surface area contributed by atoms with Crippen molar-refractivity contribution in [2.45, 2.75) is 6.92 Å². The molecule has 0 saturated carbocycles. The van der Waals surface area contributed by atoms with Crippen LogP contribution in [0.3, 0.4) is 0 Å². The van der Waals surface area contributed by atoms with Crippen LogP contribution in [0.15, 0.2) is 52.9 Å². The minimum absolute atomic E-state index is 0.0206. The number of aromatic amines is 1. The Morgan fingerprint density at radius 3 is 2.31 bits per heavy atom. The molecule has 10 nitrogen and oxygen atoms in total. The van der Waals surface area contributed by atoms with E-state index in [4.69, 9.17) is 28.1 Å². The number of aromatic nitrogens is 1. The number of H-pyrrole nitrogens is 1. The van der Waals surface area contributed by atoms with Crippen LogP contribution in [0.4, 0.5) is 5.69 Å². The van der Waals surface area contributed by atoms with Gasteiger partial charge in [-0.25, -0.2) is 4.79 Å². The molecule has 35 heavy (non-hydrogen) atoms. The van der Waals surface area contributed by atoms with E-state index in [1.54, 1.807) is 43.3 Å². The molecule has 0 radical (unpaired) electrons. The van der Waals surface area contributed by atoms with E-state index in [0.717, 1.165) is 10.9 Å². The quantitative estimate of drug-likeness (QED) is 0.321. The molecule has 2 aromatic heterocycles. The fraction of sp³-hybridized carbons (Fsp3) is 0.200. The SMILES string of the molecule is CCOC(=O)c1cc2cc(Oc3ccc(C(=O)Nc4c(OC)cc(OC)cc4OC)o3)ccc2[nH]1. The Bertz CT molecular complexity index is 1350. The van der Waals surface area contributed by atoms with Crippen molar-refractivity contribution in [1.29, 1.82) is 0 Å². The molecule has 182 valence electrons. The van der Waals surface area contributed by atoms with Crippen molar-refractivity contribution in [3.63, 3.8) is 0 Å². The lowest BCUT2D eigenvalue weighted by Gasteiger charge is -2.15. The van der Waals surface area contributed by atoms with Gasteiger partial charge in [-0.3, -0.25) is 4.79 Å². The highest BCUT2D eigenvalue weighted by atomic mass is 16.6. The van der Waals surface area contributed by atoms with Crippen molar-refractivity contribution in [2.75, 3.05) is 33.3 Å². The van der Waals surface area contributed by atoms with Crippen molar-refractivity contribution >= 4 is 28.5 Å². The molecule has 10 heteroatoms. The number of carbonyl (C=O) groups is 2. The van der Waals surface area contributed by atoms with Crippen molar-refractivity contribution in [1.82, 2.24) is 4.98 Å². The summed E-state index contributed by atoms with van der Waals surface area (Å²) in [6.45, 7) is 2.03. The monoisotopic (exact) mass is 480 g/mol. The Hall–Kier alpha value is -4.60. The van der Waals surface area contributed by atoms with Gasteiger partial charge in [0.2, 0.25) is 0 Å². The summed E-state index contributed by atoms with van der Waals surface area (Å²) in [6.07, 6.45) is 0. The summed E-state index contributed by atoms with van der Waals surface area (Å²) in [7, 11) is 4.46. The molecule has 0 aliphatic rings. The predicted molar refractivity (Wildman–Crippen MR) is 127 cm³/mol. The van der Waals surface area contributed by atoms with E-state index in [2.05, 4.69) is 10.3 Å². The fourth-order valence-corrected chi connectivity index (χ4v) is 3.41. The number of fused-ring (bicyclic) bond motifs is 1. The number of amides is 1. The zero-order valence-corrected chi connectivity index (χ0v) is 19.6. The van der Waals surface area contributed by atoms with Gasteiger partial charge in [-0.15, -0.1) is 0 Å². The molecule has 0 atom stereocenters. The lowest BCUT2D eigenvalue weighted by atomic mass is 10.2. The lowest BCUT2D eigenvalue weighted by Crippen LogP contribution is -2.13. The highest BCUT2D eigenvalue weighted by Crippen LogP contribution is 2.39. The number of hydrogen-bond acceptors (Lipinski definition) is 8. The topological polar surface area (TPSA) is 121 Å². The Morgan fingerprint density at radius 1 is 0.914 bits per heavy atom. The van der Waals surface area contributed by atoms with Gasteiger partial charge in [0, 0.05) is 29.1 Å². The first-order chi connectivity index (χ1) is 16.9. The van der Waals surface area contributed by atoms with Crippen LogP contribution in [-0.4, -0.2) is 44.8 Å². The normalized spacial score (nSPS) is 10.6. The van der Waals surface area contributed by atoms with Crippen molar-refractivity contribution in [3.05, 3.63) is 60.0 Å². The summed E-state index contributed by atoms with van der Waals surface area (Å²) in [5, 5.41) is 3.49. The molecular weight excluding hydrogens is 456 g/mol. The minimum atomic E-state index is -0.526. The van der Waals surface area contributed by atoms with E-state index >= 15 is 0 Å².